The summed E-state index contributed by atoms with van der Waals surface area (Å²) in [5, 5.41) is 0.651. The van der Waals surface area contributed by atoms with Crippen LogP contribution in [-0.4, -0.2) is 75.3 Å². The summed E-state index contributed by atoms with van der Waals surface area (Å²) in [5.41, 5.74) is 1.46. The number of halogens is 2. The largest absolute Gasteiger partial charge is 0.415 e. The molecule has 30 heavy (non-hydrogen) atoms. The van der Waals surface area contributed by atoms with Crippen molar-refractivity contribution < 1.29 is 13.9 Å². The van der Waals surface area contributed by atoms with Gasteiger partial charge in [0, 0.05) is 58.4 Å². The van der Waals surface area contributed by atoms with E-state index in [1.165, 1.54) is 6.07 Å². The van der Waals surface area contributed by atoms with Gasteiger partial charge in [0.2, 0.25) is 0 Å². The Kier molecular flexibility index (Phi) is 6.29. The minimum atomic E-state index is -0.394. The maximum absolute atomic E-state index is 14.0. The Morgan fingerprint density at radius 1 is 0.900 bits per heavy atom. The van der Waals surface area contributed by atoms with Crippen molar-refractivity contribution >= 4 is 29.1 Å². The number of anilines is 2. The van der Waals surface area contributed by atoms with E-state index < -0.39 is 6.09 Å². The Balaban J connectivity index is 1.36. The van der Waals surface area contributed by atoms with E-state index in [4.69, 9.17) is 16.3 Å². The van der Waals surface area contributed by atoms with Crippen molar-refractivity contribution in [3.8, 4) is 5.75 Å². The number of hydrogen-bond acceptors (Lipinski definition) is 5. The van der Waals surface area contributed by atoms with E-state index in [-0.39, 0.29) is 5.82 Å². The van der Waals surface area contributed by atoms with E-state index in [2.05, 4.69) is 16.8 Å². The van der Waals surface area contributed by atoms with E-state index in [0.717, 1.165) is 31.9 Å². The second-order valence-corrected chi connectivity index (χ2v) is 8.10. The third-order valence-electron chi connectivity index (χ3n) is 5.70. The van der Waals surface area contributed by atoms with Gasteiger partial charge in [-0.15, -0.1) is 0 Å². The third kappa shape index (κ3) is 4.63. The van der Waals surface area contributed by atoms with Gasteiger partial charge in [0.15, 0.2) is 0 Å². The van der Waals surface area contributed by atoms with Crippen LogP contribution in [0.15, 0.2) is 42.5 Å². The van der Waals surface area contributed by atoms with Crippen LogP contribution in [0.2, 0.25) is 5.02 Å². The van der Waals surface area contributed by atoms with Gasteiger partial charge in [0.05, 0.1) is 16.4 Å². The van der Waals surface area contributed by atoms with E-state index in [1.54, 1.807) is 29.2 Å². The fourth-order valence-corrected chi connectivity index (χ4v) is 4.09. The molecule has 2 saturated heterocycles. The van der Waals surface area contributed by atoms with Crippen molar-refractivity contribution in [3.63, 3.8) is 0 Å². The third-order valence-corrected chi connectivity index (χ3v) is 6.02. The first-order valence-corrected chi connectivity index (χ1v) is 10.6. The number of rotatable bonds is 3. The number of piperazine rings is 2. The molecule has 1 amide bonds. The number of para-hydroxylation sites is 1. The van der Waals surface area contributed by atoms with Crippen molar-refractivity contribution in [1.29, 1.82) is 0 Å². The lowest BCUT2D eigenvalue weighted by Gasteiger charge is -2.36. The van der Waals surface area contributed by atoms with Gasteiger partial charge in [-0.3, -0.25) is 0 Å². The van der Waals surface area contributed by atoms with Gasteiger partial charge < -0.3 is 24.3 Å². The quantitative estimate of drug-likeness (QED) is 0.741. The zero-order valence-electron chi connectivity index (χ0n) is 17.1. The maximum atomic E-state index is 14.0. The molecule has 0 aromatic heterocycles. The lowest BCUT2D eigenvalue weighted by Crippen LogP contribution is -2.49. The Labute approximate surface area is 181 Å². The number of benzene rings is 2. The predicted octanol–water partition coefficient (Wildman–Crippen LogP) is 3.55. The molecular formula is C22H26ClFN4O2. The van der Waals surface area contributed by atoms with Crippen molar-refractivity contribution in [1.82, 2.24) is 9.80 Å². The molecule has 2 fully saturated rings. The van der Waals surface area contributed by atoms with Gasteiger partial charge >= 0.3 is 6.09 Å². The molecule has 2 heterocycles. The van der Waals surface area contributed by atoms with Crippen molar-refractivity contribution in [2.24, 2.45) is 0 Å². The highest BCUT2D eigenvalue weighted by molar-refractivity contribution is 6.33. The zero-order chi connectivity index (χ0) is 21.1. The first-order chi connectivity index (χ1) is 14.5. The first kappa shape index (κ1) is 20.8. The minimum Gasteiger partial charge on any atom is -0.410 e. The Morgan fingerprint density at radius 2 is 1.53 bits per heavy atom. The molecule has 0 unspecified atom stereocenters. The second kappa shape index (κ2) is 9.10. The monoisotopic (exact) mass is 432 g/mol. The number of ether oxygens (including phenoxy) is 1. The van der Waals surface area contributed by atoms with Crippen LogP contribution in [0, 0.1) is 5.82 Å². The molecule has 0 bridgehead atoms. The highest BCUT2D eigenvalue weighted by Gasteiger charge is 2.25. The molecule has 2 aromatic rings. The number of nitrogens with zero attached hydrogens (tertiary/aromatic N) is 4. The van der Waals surface area contributed by atoms with E-state index in [0.29, 0.717) is 42.6 Å². The van der Waals surface area contributed by atoms with Gasteiger partial charge in [-0.05, 0) is 31.3 Å². The molecule has 160 valence electrons. The van der Waals surface area contributed by atoms with Crippen LogP contribution >= 0.6 is 11.6 Å². The fraction of sp³-hybridized carbons (Fsp3) is 0.409. The van der Waals surface area contributed by atoms with Crippen LogP contribution in [0.3, 0.4) is 0 Å². The number of amides is 1. The van der Waals surface area contributed by atoms with Crippen LogP contribution < -0.4 is 14.5 Å². The molecule has 2 aliphatic rings. The molecule has 6 nitrogen and oxygen atoms in total. The van der Waals surface area contributed by atoms with E-state index in [1.807, 2.05) is 17.0 Å². The van der Waals surface area contributed by atoms with Crippen LogP contribution in [0.25, 0.3) is 0 Å². The van der Waals surface area contributed by atoms with E-state index in [9.17, 15) is 9.18 Å². The summed E-state index contributed by atoms with van der Waals surface area (Å²) in [4.78, 5) is 20.7. The van der Waals surface area contributed by atoms with Gasteiger partial charge in [-0.25, -0.2) is 9.18 Å². The van der Waals surface area contributed by atoms with Crippen molar-refractivity contribution in [2.45, 2.75) is 0 Å². The summed E-state index contributed by atoms with van der Waals surface area (Å²) >= 11 is 6.40. The van der Waals surface area contributed by atoms with Crippen LogP contribution in [0.5, 0.6) is 5.75 Å². The maximum Gasteiger partial charge on any atom is 0.415 e. The predicted molar refractivity (Wildman–Crippen MR) is 117 cm³/mol. The molecular weight excluding hydrogens is 407 g/mol. The summed E-state index contributed by atoms with van der Waals surface area (Å²) < 4.78 is 19.6. The number of likely N-dealkylation sites (N-methyl/N-ethyl adjacent to an activating group) is 1. The van der Waals surface area contributed by atoms with Gasteiger partial charge in [-0.2, -0.15) is 0 Å². The average Bonchev–Trinajstić information content (AvgIpc) is 2.76. The summed E-state index contributed by atoms with van der Waals surface area (Å²) in [6, 6.07) is 12.0. The molecule has 0 saturated carbocycles. The van der Waals surface area contributed by atoms with Gasteiger partial charge in [-0.1, -0.05) is 23.7 Å². The summed E-state index contributed by atoms with van der Waals surface area (Å²) in [6.07, 6.45) is -0.394. The molecule has 8 heteroatoms. The lowest BCUT2D eigenvalue weighted by atomic mass is 10.2. The summed E-state index contributed by atoms with van der Waals surface area (Å²) in [6.45, 7) is 5.76. The highest BCUT2D eigenvalue weighted by Crippen LogP contribution is 2.31. The first-order valence-electron chi connectivity index (χ1n) is 10.2. The Hall–Kier alpha value is -2.51. The van der Waals surface area contributed by atoms with E-state index >= 15 is 0 Å². The Bertz CT molecular complexity index is 896. The molecule has 0 atom stereocenters. The second-order valence-electron chi connectivity index (χ2n) is 7.70. The zero-order valence-corrected chi connectivity index (χ0v) is 17.8. The minimum absolute atomic E-state index is 0.244. The summed E-state index contributed by atoms with van der Waals surface area (Å²) in [7, 11) is 2.10. The molecule has 0 radical (unpaired) electrons. The van der Waals surface area contributed by atoms with Crippen LogP contribution in [-0.2, 0) is 0 Å². The smallest absolute Gasteiger partial charge is 0.410 e. The lowest BCUT2D eigenvalue weighted by molar-refractivity contribution is 0.149. The molecule has 0 spiro atoms. The van der Waals surface area contributed by atoms with Crippen LogP contribution in [0.4, 0.5) is 20.6 Å². The molecule has 0 N–H and O–H groups in total. The average molecular weight is 433 g/mol. The molecule has 2 aromatic carbocycles. The molecule has 4 rings (SSSR count). The number of hydrogen-bond donors (Lipinski definition) is 0. The number of carbonyl (C=O) groups excluding carboxylic acids is 1. The standard InChI is InChI=1S/C22H26ClFN4O2/c1-25-8-10-27(11-9-25)21-16-17(6-7-18(21)23)30-22(29)28-14-12-26(13-15-28)20-5-3-2-4-19(20)24/h2-7,16H,8-15H2,1H3. The van der Waals surface area contributed by atoms with Crippen molar-refractivity contribution in [3.05, 3.63) is 53.3 Å². The van der Waals surface area contributed by atoms with Crippen molar-refractivity contribution in [2.75, 3.05) is 69.2 Å². The molecule has 0 aliphatic carbocycles. The van der Waals surface area contributed by atoms with Crippen LogP contribution in [0.1, 0.15) is 0 Å². The topological polar surface area (TPSA) is 39.3 Å². The number of carbonyl (C=O) groups is 1. The summed E-state index contributed by atoms with van der Waals surface area (Å²) in [5.74, 6) is 0.237. The van der Waals surface area contributed by atoms with Gasteiger partial charge in [0.25, 0.3) is 0 Å². The fourth-order valence-electron chi connectivity index (χ4n) is 3.85. The van der Waals surface area contributed by atoms with Gasteiger partial charge in [0.1, 0.15) is 11.6 Å². The highest BCUT2D eigenvalue weighted by atomic mass is 35.5. The normalized spacial score (nSPS) is 17.9. The molecule has 2 aliphatic heterocycles. The SMILES string of the molecule is CN1CCN(c2cc(OC(=O)N3CCN(c4ccccc4F)CC3)ccc2Cl)CC1. The Morgan fingerprint density at radius 3 is 2.23 bits per heavy atom.